The lowest BCUT2D eigenvalue weighted by Gasteiger charge is -2.30. The lowest BCUT2D eigenvalue weighted by atomic mass is 10.0. The van der Waals surface area contributed by atoms with E-state index in [2.05, 4.69) is 16.4 Å². The van der Waals surface area contributed by atoms with Crippen molar-refractivity contribution < 1.29 is 28.9 Å². The van der Waals surface area contributed by atoms with E-state index >= 15 is 0 Å². The molecule has 0 fully saturated rings. The average molecular weight is 542 g/mol. The van der Waals surface area contributed by atoms with E-state index in [1.54, 1.807) is 32.7 Å². The topological polar surface area (TPSA) is 110 Å². The number of amides is 1. The molecule has 0 aliphatic rings. The zero-order valence-corrected chi connectivity index (χ0v) is 24.4. The highest BCUT2D eigenvalue weighted by Crippen LogP contribution is 2.18. The van der Waals surface area contributed by atoms with Crippen LogP contribution < -0.4 is 10.2 Å². The fourth-order valence-electron chi connectivity index (χ4n) is 3.55. The van der Waals surface area contributed by atoms with E-state index in [0.29, 0.717) is 5.82 Å². The van der Waals surface area contributed by atoms with Gasteiger partial charge in [0.15, 0.2) is 0 Å². The molecule has 39 heavy (non-hydrogen) atoms. The number of ether oxygens (including phenoxy) is 3. The molecule has 214 valence electrons. The minimum atomic E-state index is -1.09. The van der Waals surface area contributed by atoms with Crippen molar-refractivity contribution in [3.8, 4) is 0 Å². The van der Waals surface area contributed by atoms with Crippen molar-refractivity contribution in [3.63, 3.8) is 0 Å². The number of carbonyl (C=O) groups is 2. The molecule has 2 atom stereocenters. The first kappa shape index (κ1) is 31.8. The minimum absolute atomic E-state index is 0.280. The van der Waals surface area contributed by atoms with Crippen LogP contribution in [0.25, 0.3) is 6.08 Å². The molecule has 0 saturated heterocycles. The Hall–Kier alpha value is -3.43. The zero-order chi connectivity index (χ0) is 29.2. The molecule has 0 spiro atoms. The van der Waals surface area contributed by atoms with Crippen LogP contribution in [0.2, 0.25) is 0 Å². The number of aryl methyl sites for hydroxylation is 1. The van der Waals surface area contributed by atoms with Gasteiger partial charge in [0.1, 0.15) is 17.5 Å². The monoisotopic (exact) mass is 541 g/mol. The Morgan fingerprint density at radius 2 is 1.72 bits per heavy atom. The second kappa shape index (κ2) is 14.1. The van der Waals surface area contributed by atoms with Crippen LogP contribution in [0, 0.1) is 0 Å². The Kier molecular flexibility index (Phi) is 11.5. The smallest absolute Gasteiger partial charge is 0.408 e. The van der Waals surface area contributed by atoms with Gasteiger partial charge < -0.3 is 29.5 Å². The van der Waals surface area contributed by atoms with Gasteiger partial charge in [0.25, 0.3) is 0 Å². The fraction of sp³-hybridized carbons (Fsp3) is 0.500. The maximum Gasteiger partial charge on any atom is 0.408 e. The van der Waals surface area contributed by atoms with E-state index in [1.807, 2.05) is 69.3 Å². The Balaban J connectivity index is 1.93. The number of methoxy groups -OCH3 is 1. The van der Waals surface area contributed by atoms with Gasteiger partial charge in [0.05, 0.1) is 12.7 Å². The van der Waals surface area contributed by atoms with Crippen molar-refractivity contribution in [2.75, 3.05) is 19.1 Å². The van der Waals surface area contributed by atoms with Crippen LogP contribution >= 0.6 is 0 Å². The molecule has 1 aromatic heterocycles. The summed E-state index contributed by atoms with van der Waals surface area (Å²) >= 11 is 0. The number of anilines is 1. The number of rotatable bonds is 11. The van der Waals surface area contributed by atoms with Crippen LogP contribution in [-0.2, 0) is 31.8 Å². The van der Waals surface area contributed by atoms with Gasteiger partial charge in [-0.3, -0.25) is 0 Å². The van der Waals surface area contributed by atoms with E-state index in [9.17, 15) is 14.7 Å². The molecule has 0 radical (unpaired) electrons. The van der Waals surface area contributed by atoms with Gasteiger partial charge in [-0.15, -0.1) is 0 Å². The van der Waals surface area contributed by atoms with Crippen LogP contribution in [0.15, 0.2) is 48.5 Å². The summed E-state index contributed by atoms with van der Waals surface area (Å²) in [6.07, 6.45) is 4.15. The van der Waals surface area contributed by atoms with Crippen molar-refractivity contribution in [2.24, 2.45) is 0 Å². The van der Waals surface area contributed by atoms with E-state index in [4.69, 9.17) is 14.2 Å². The number of aliphatic hydroxyl groups excluding tert-OH is 1. The summed E-state index contributed by atoms with van der Waals surface area (Å²) < 4.78 is 15.7. The number of hydrogen-bond acceptors (Lipinski definition) is 8. The predicted octanol–water partition coefficient (Wildman–Crippen LogP) is 4.86. The third kappa shape index (κ3) is 11.9. The molecule has 1 heterocycles. The van der Waals surface area contributed by atoms with Crippen LogP contribution in [-0.4, -0.2) is 60.0 Å². The number of nitrogens with zero attached hydrogens (tertiary/aromatic N) is 2. The number of hydrogen-bond donors (Lipinski definition) is 2. The Morgan fingerprint density at radius 3 is 2.31 bits per heavy atom. The first-order chi connectivity index (χ1) is 18.2. The summed E-state index contributed by atoms with van der Waals surface area (Å²) in [7, 11) is 3.03. The van der Waals surface area contributed by atoms with Crippen molar-refractivity contribution >= 4 is 24.0 Å². The molecule has 9 heteroatoms. The summed E-state index contributed by atoms with van der Waals surface area (Å²) in [5.41, 5.74) is 1.65. The van der Waals surface area contributed by atoms with E-state index < -0.39 is 35.7 Å². The van der Waals surface area contributed by atoms with Crippen molar-refractivity contribution in [2.45, 2.75) is 84.5 Å². The maximum absolute atomic E-state index is 12.2. The number of allylic oxidation sites excluding steroid dienone is 1. The first-order valence-electron chi connectivity index (χ1n) is 13.0. The van der Waals surface area contributed by atoms with Crippen LogP contribution in [0.1, 0.15) is 64.8 Å². The normalized spacial score (nSPS) is 13.6. The summed E-state index contributed by atoms with van der Waals surface area (Å²) in [5.74, 6) is 0.0974. The lowest BCUT2D eigenvalue weighted by Crippen LogP contribution is -2.45. The van der Waals surface area contributed by atoms with E-state index in [1.165, 1.54) is 7.11 Å². The molecule has 0 saturated carbocycles. The molecular weight excluding hydrogens is 498 g/mol. The number of aromatic nitrogens is 1. The summed E-state index contributed by atoms with van der Waals surface area (Å²) in [5, 5.41) is 12.9. The third-order valence-electron chi connectivity index (χ3n) is 5.42. The SMILES string of the molecule is COC(=O)[C@H](Cc1ccc(C=CCCc2cccc(N(C)C(O)OC(C)(C)C)n2)cc1)NC(=O)OC(C)(C)C. The standard InChI is InChI=1S/C30H43N3O6/c1-29(2,3)38-27(35)32-24(26(34)37-8)20-22-18-16-21(17-19-22)12-9-10-13-23-14-11-15-25(31-23)33(7)28(36)39-30(4,5)6/h9,11-12,14-19,24,28,36H,10,13,20H2,1-8H3,(H,32,35)/t24-,28?/m0/s1. The number of alkyl carbamates (subject to hydrolysis) is 1. The third-order valence-corrected chi connectivity index (χ3v) is 5.42. The van der Waals surface area contributed by atoms with Gasteiger partial charge in [-0.1, -0.05) is 42.5 Å². The second-order valence-corrected chi connectivity index (χ2v) is 11.3. The van der Waals surface area contributed by atoms with Gasteiger partial charge in [-0.05, 0) is 77.6 Å². The molecule has 2 rings (SSSR count). The van der Waals surface area contributed by atoms with Crippen molar-refractivity contribution in [1.82, 2.24) is 10.3 Å². The van der Waals surface area contributed by atoms with Gasteiger partial charge in [-0.25, -0.2) is 14.6 Å². The summed E-state index contributed by atoms with van der Waals surface area (Å²) in [6, 6.07) is 12.6. The largest absolute Gasteiger partial charge is 0.467 e. The number of benzene rings is 1. The van der Waals surface area contributed by atoms with Gasteiger partial charge in [-0.2, -0.15) is 0 Å². The summed E-state index contributed by atoms with van der Waals surface area (Å²) in [6.45, 7) is 10.9. The van der Waals surface area contributed by atoms with Gasteiger partial charge >= 0.3 is 12.1 Å². The Morgan fingerprint density at radius 1 is 1.05 bits per heavy atom. The Bertz CT molecular complexity index is 1100. The van der Waals surface area contributed by atoms with Crippen LogP contribution in [0.3, 0.4) is 0 Å². The van der Waals surface area contributed by atoms with E-state index in [0.717, 1.165) is 29.7 Å². The van der Waals surface area contributed by atoms with Crippen LogP contribution in [0.5, 0.6) is 0 Å². The molecule has 2 N–H and O–H groups in total. The molecule has 0 aliphatic carbocycles. The molecular formula is C30H43N3O6. The van der Waals surface area contributed by atoms with Crippen LogP contribution in [0.4, 0.5) is 10.6 Å². The zero-order valence-electron chi connectivity index (χ0n) is 24.4. The van der Waals surface area contributed by atoms with Gasteiger partial charge in [0, 0.05) is 19.2 Å². The quantitative estimate of drug-likeness (QED) is 0.307. The van der Waals surface area contributed by atoms with E-state index in [-0.39, 0.29) is 6.42 Å². The molecule has 2 aromatic rings. The minimum Gasteiger partial charge on any atom is -0.467 e. The maximum atomic E-state index is 12.2. The predicted molar refractivity (Wildman–Crippen MR) is 152 cm³/mol. The highest BCUT2D eigenvalue weighted by Gasteiger charge is 2.25. The van der Waals surface area contributed by atoms with Crippen molar-refractivity contribution in [1.29, 1.82) is 0 Å². The Labute approximate surface area is 232 Å². The number of pyridine rings is 1. The number of carbonyl (C=O) groups excluding carboxylic acids is 2. The average Bonchev–Trinajstić information content (AvgIpc) is 2.84. The molecule has 1 unspecified atom stereocenters. The fourth-order valence-corrected chi connectivity index (χ4v) is 3.55. The molecule has 1 amide bonds. The lowest BCUT2D eigenvalue weighted by molar-refractivity contribution is -0.163. The molecule has 9 nitrogen and oxygen atoms in total. The second-order valence-electron chi connectivity index (χ2n) is 11.3. The number of esters is 1. The molecule has 1 aromatic carbocycles. The highest BCUT2D eigenvalue weighted by atomic mass is 16.6. The summed E-state index contributed by atoms with van der Waals surface area (Å²) in [4.78, 5) is 30.6. The van der Waals surface area contributed by atoms with Crippen molar-refractivity contribution in [3.05, 3.63) is 65.4 Å². The first-order valence-corrected chi connectivity index (χ1v) is 13.0. The number of aliphatic hydroxyl groups is 1. The number of nitrogens with one attached hydrogen (secondary N) is 1. The molecule has 0 bridgehead atoms. The highest BCUT2D eigenvalue weighted by molar-refractivity contribution is 5.81. The van der Waals surface area contributed by atoms with Gasteiger partial charge in [0.2, 0.25) is 6.41 Å². The molecule has 0 aliphatic heterocycles.